The molecule has 5 heterocycles. The van der Waals surface area contributed by atoms with E-state index in [1.165, 1.54) is 18.4 Å². The Labute approximate surface area is 176 Å². The van der Waals surface area contributed by atoms with Crippen LogP contribution >= 0.6 is 0 Å². The number of carbonyl (C=O) groups is 1. The van der Waals surface area contributed by atoms with Gasteiger partial charge < -0.3 is 14.4 Å². The molecule has 5 heteroatoms. The number of fused-ring (bicyclic) bond motifs is 3. The Hall–Kier alpha value is -2.79. The van der Waals surface area contributed by atoms with Gasteiger partial charge in [-0.25, -0.2) is 0 Å². The van der Waals surface area contributed by atoms with E-state index in [4.69, 9.17) is 9.47 Å². The number of likely N-dealkylation sites (tertiary alicyclic amines) is 1. The quantitative estimate of drug-likeness (QED) is 0.737. The minimum Gasteiger partial charge on any atom is -0.454 e. The summed E-state index contributed by atoms with van der Waals surface area (Å²) < 4.78 is 11.1. The molecule has 154 valence electrons. The number of piperidine rings is 3. The van der Waals surface area contributed by atoms with Crippen molar-refractivity contribution >= 4 is 12.0 Å². The molecule has 2 aromatic carbocycles. The lowest BCUT2D eigenvalue weighted by Gasteiger charge is -2.51. The van der Waals surface area contributed by atoms with Crippen LogP contribution < -0.4 is 9.47 Å². The number of rotatable bonds is 3. The molecular weight excluding hydrogens is 376 g/mol. The van der Waals surface area contributed by atoms with Gasteiger partial charge in [-0.05, 0) is 61.2 Å². The molecule has 0 aliphatic carbocycles. The van der Waals surface area contributed by atoms with Crippen molar-refractivity contribution < 1.29 is 14.3 Å². The summed E-state index contributed by atoms with van der Waals surface area (Å²) in [6.07, 6.45) is 6.08. The minimum atomic E-state index is 0.130. The van der Waals surface area contributed by atoms with Crippen LogP contribution in [0.3, 0.4) is 0 Å². The van der Waals surface area contributed by atoms with E-state index in [1.54, 1.807) is 6.08 Å². The lowest BCUT2D eigenvalue weighted by atomic mass is 9.75. The highest BCUT2D eigenvalue weighted by Crippen LogP contribution is 2.48. The molecule has 5 nitrogen and oxygen atoms in total. The predicted molar refractivity (Wildman–Crippen MR) is 114 cm³/mol. The molecule has 4 fully saturated rings. The van der Waals surface area contributed by atoms with Crippen molar-refractivity contribution in [1.29, 1.82) is 0 Å². The van der Waals surface area contributed by atoms with Gasteiger partial charge in [-0.2, -0.15) is 0 Å². The molecule has 0 unspecified atom stereocenters. The van der Waals surface area contributed by atoms with Gasteiger partial charge >= 0.3 is 0 Å². The Bertz CT molecular complexity index is 981. The molecule has 0 N–H and O–H groups in total. The average molecular weight is 402 g/mol. The molecule has 1 amide bonds. The first-order chi connectivity index (χ1) is 14.8. The summed E-state index contributed by atoms with van der Waals surface area (Å²) in [5.41, 5.74) is 2.31. The van der Waals surface area contributed by atoms with Gasteiger partial charge in [0.2, 0.25) is 12.7 Å². The van der Waals surface area contributed by atoms with Crippen LogP contribution in [-0.2, 0) is 4.79 Å². The first kappa shape index (κ1) is 18.0. The van der Waals surface area contributed by atoms with Crippen molar-refractivity contribution in [3.63, 3.8) is 0 Å². The van der Waals surface area contributed by atoms with E-state index >= 15 is 0 Å². The number of amides is 1. The molecule has 7 rings (SSSR count). The van der Waals surface area contributed by atoms with Crippen LogP contribution in [0.15, 0.2) is 54.6 Å². The van der Waals surface area contributed by atoms with Crippen molar-refractivity contribution in [2.24, 2.45) is 5.92 Å². The predicted octanol–water partition coefficient (Wildman–Crippen LogP) is 3.52. The van der Waals surface area contributed by atoms with E-state index in [-0.39, 0.29) is 5.91 Å². The number of benzene rings is 2. The van der Waals surface area contributed by atoms with Gasteiger partial charge in [-0.15, -0.1) is 0 Å². The zero-order valence-electron chi connectivity index (χ0n) is 16.9. The second-order valence-corrected chi connectivity index (χ2v) is 8.81. The molecule has 5 aliphatic heterocycles. The first-order valence-electron chi connectivity index (χ1n) is 11.0. The minimum absolute atomic E-state index is 0.130. The largest absolute Gasteiger partial charge is 0.454 e. The SMILES string of the molecule is O=C(C=Cc1ccccc1)N1C[C@@H](c2ccc3c(c2)OCO3)[C@@H]2[C@H]1C1CCN2CC1. The molecule has 4 saturated heterocycles. The zero-order chi connectivity index (χ0) is 20.1. The molecule has 5 aliphatic rings. The maximum Gasteiger partial charge on any atom is 0.246 e. The number of nitrogens with zero attached hydrogens (tertiary/aromatic N) is 2. The van der Waals surface area contributed by atoms with Gasteiger partial charge in [0.1, 0.15) is 0 Å². The van der Waals surface area contributed by atoms with Crippen molar-refractivity contribution in [2.75, 3.05) is 26.4 Å². The van der Waals surface area contributed by atoms with Gasteiger partial charge in [0.15, 0.2) is 11.5 Å². The summed E-state index contributed by atoms with van der Waals surface area (Å²) in [7, 11) is 0. The molecule has 3 atom stereocenters. The van der Waals surface area contributed by atoms with Crippen LogP contribution in [0, 0.1) is 5.92 Å². The van der Waals surface area contributed by atoms with Gasteiger partial charge in [0.05, 0.1) is 6.04 Å². The maximum absolute atomic E-state index is 13.3. The lowest BCUT2D eigenvalue weighted by Crippen LogP contribution is -2.60. The van der Waals surface area contributed by atoms with Crippen LogP contribution in [0.25, 0.3) is 6.08 Å². The van der Waals surface area contributed by atoms with E-state index in [1.807, 2.05) is 42.5 Å². The normalized spacial score (nSPS) is 31.3. The Morgan fingerprint density at radius 3 is 2.60 bits per heavy atom. The monoisotopic (exact) mass is 402 g/mol. The van der Waals surface area contributed by atoms with Crippen molar-refractivity contribution in [1.82, 2.24) is 9.80 Å². The first-order valence-corrected chi connectivity index (χ1v) is 11.0. The highest BCUT2D eigenvalue weighted by atomic mass is 16.7. The van der Waals surface area contributed by atoms with Gasteiger partial charge in [0, 0.05) is 24.6 Å². The highest BCUT2D eigenvalue weighted by Gasteiger charge is 2.54. The third-order valence-electron chi connectivity index (χ3n) is 7.32. The number of hydrogen-bond donors (Lipinski definition) is 0. The maximum atomic E-state index is 13.3. The van der Waals surface area contributed by atoms with E-state index in [0.717, 1.165) is 36.7 Å². The molecule has 2 aromatic rings. The lowest BCUT2D eigenvalue weighted by molar-refractivity contribution is -0.130. The number of ether oxygens (including phenoxy) is 2. The van der Waals surface area contributed by atoms with Crippen LogP contribution in [0.1, 0.15) is 29.9 Å². The third-order valence-corrected chi connectivity index (χ3v) is 7.32. The summed E-state index contributed by atoms with van der Waals surface area (Å²) >= 11 is 0. The van der Waals surface area contributed by atoms with E-state index in [0.29, 0.717) is 30.7 Å². The van der Waals surface area contributed by atoms with Gasteiger partial charge in [-0.1, -0.05) is 36.4 Å². The molecule has 0 saturated carbocycles. The van der Waals surface area contributed by atoms with Gasteiger partial charge in [-0.3, -0.25) is 9.69 Å². The topological polar surface area (TPSA) is 42.0 Å². The molecule has 0 radical (unpaired) electrons. The molecular formula is C25H26N2O3. The van der Waals surface area contributed by atoms with Crippen LogP contribution in [-0.4, -0.2) is 54.2 Å². The fourth-order valence-corrected chi connectivity index (χ4v) is 5.94. The molecule has 2 bridgehead atoms. The summed E-state index contributed by atoms with van der Waals surface area (Å²) in [6.45, 7) is 3.35. The summed E-state index contributed by atoms with van der Waals surface area (Å²) in [5.74, 6) is 2.69. The molecule has 0 aromatic heterocycles. The summed E-state index contributed by atoms with van der Waals surface area (Å²) in [4.78, 5) is 18.1. The smallest absolute Gasteiger partial charge is 0.246 e. The van der Waals surface area contributed by atoms with E-state index in [2.05, 4.69) is 21.9 Å². The summed E-state index contributed by atoms with van der Waals surface area (Å²) in [5, 5.41) is 0. The fraction of sp³-hybridized carbons (Fsp3) is 0.400. The van der Waals surface area contributed by atoms with Crippen LogP contribution in [0.4, 0.5) is 0 Å². The van der Waals surface area contributed by atoms with Crippen LogP contribution in [0.5, 0.6) is 11.5 Å². The number of carbonyl (C=O) groups excluding carboxylic acids is 1. The van der Waals surface area contributed by atoms with Crippen molar-refractivity contribution in [3.8, 4) is 11.5 Å². The Kier molecular flexibility index (Phi) is 4.30. The Balaban J connectivity index is 1.31. The van der Waals surface area contributed by atoms with Gasteiger partial charge in [0.25, 0.3) is 0 Å². The average Bonchev–Trinajstić information content (AvgIpc) is 3.44. The second kappa shape index (κ2) is 7.17. The third kappa shape index (κ3) is 2.91. The summed E-state index contributed by atoms with van der Waals surface area (Å²) in [6, 6.07) is 17.0. The van der Waals surface area contributed by atoms with Crippen LogP contribution in [0.2, 0.25) is 0 Å². The standard InChI is InChI=1S/C25H26N2O3/c28-23(9-6-17-4-2-1-3-5-17)27-15-20(19-7-8-21-22(14-19)30-16-29-21)25-24(27)18-10-12-26(25)13-11-18/h1-9,14,18,20,24-25H,10-13,15-16H2/t20-,24+,25+/m0/s1. The molecule has 0 spiro atoms. The number of hydrogen-bond acceptors (Lipinski definition) is 4. The fourth-order valence-electron chi connectivity index (χ4n) is 5.94. The van der Waals surface area contributed by atoms with Crippen molar-refractivity contribution in [2.45, 2.75) is 30.8 Å². The molecule has 30 heavy (non-hydrogen) atoms. The zero-order valence-corrected chi connectivity index (χ0v) is 16.9. The Morgan fingerprint density at radius 2 is 1.77 bits per heavy atom. The van der Waals surface area contributed by atoms with E-state index < -0.39 is 0 Å². The Morgan fingerprint density at radius 1 is 0.967 bits per heavy atom. The van der Waals surface area contributed by atoms with E-state index in [9.17, 15) is 4.79 Å². The van der Waals surface area contributed by atoms with Crippen molar-refractivity contribution in [3.05, 3.63) is 65.7 Å². The second-order valence-electron chi connectivity index (χ2n) is 8.81. The highest BCUT2D eigenvalue weighted by molar-refractivity contribution is 5.92.